The molecule has 0 aliphatic rings. The highest BCUT2D eigenvalue weighted by Crippen LogP contribution is 2.17. The molecule has 0 heterocycles. The maximum atomic E-state index is 13.7. The standard InChI is InChI=1S/C16H18FNO2S/c1-21(20)13-8-6-12(7-9-13)10-18-16(11-19)14-4-2-3-5-15(14)17/h2-9,16,18-19H,10-11H2,1H3. The molecular weight excluding hydrogens is 289 g/mol. The molecule has 2 atom stereocenters. The molecule has 2 aromatic rings. The summed E-state index contributed by atoms with van der Waals surface area (Å²) in [5, 5.41) is 12.6. The number of hydrogen-bond donors (Lipinski definition) is 2. The average molecular weight is 307 g/mol. The van der Waals surface area contributed by atoms with E-state index in [9.17, 15) is 13.7 Å². The van der Waals surface area contributed by atoms with Crippen LogP contribution in [-0.4, -0.2) is 22.2 Å². The van der Waals surface area contributed by atoms with Crippen molar-refractivity contribution >= 4 is 10.8 Å². The maximum Gasteiger partial charge on any atom is 0.128 e. The molecule has 0 aromatic heterocycles. The van der Waals surface area contributed by atoms with Gasteiger partial charge in [0.1, 0.15) is 5.82 Å². The average Bonchev–Trinajstić information content (AvgIpc) is 2.50. The Labute approximate surface area is 126 Å². The molecule has 5 heteroatoms. The van der Waals surface area contributed by atoms with Gasteiger partial charge in [0.25, 0.3) is 0 Å². The number of aliphatic hydroxyl groups excluding tert-OH is 1. The lowest BCUT2D eigenvalue weighted by molar-refractivity contribution is 0.240. The smallest absolute Gasteiger partial charge is 0.128 e. The van der Waals surface area contributed by atoms with E-state index in [0.717, 1.165) is 10.5 Å². The highest BCUT2D eigenvalue weighted by Gasteiger charge is 2.13. The van der Waals surface area contributed by atoms with Crippen LogP contribution in [0.4, 0.5) is 4.39 Å². The zero-order valence-corrected chi connectivity index (χ0v) is 12.6. The highest BCUT2D eigenvalue weighted by atomic mass is 32.2. The summed E-state index contributed by atoms with van der Waals surface area (Å²) < 4.78 is 25.0. The molecule has 0 radical (unpaired) electrons. The van der Waals surface area contributed by atoms with E-state index in [1.807, 2.05) is 24.3 Å². The maximum absolute atomic E-state index is 13.7. The summed E-state index contributed by atoms with van der Waals surface area (Å²) in [5.74, 6) is -0.333. The van der Waals surface area contributed by atoms with E-state index in [1.165, 1.54) is 6.07 Å². The van der Waals surface area contributed by atoms with Crippen molar-refractivity contribution in [2.75, 3.05) is 12.9 Å². The molecule has 2 N–H and O–H groups in total. The molecule has 0 fully saturated rings. The lowest BCUT2D eigenvalue weighted by Gasteiger charge is -2.17. The van der Waals surface area contributed by atoms with Gasteiger partial charge < -0.3 is 10.4 Å². The molecule has 0 aliphatic heterocycles. The third-order valence-electron chi connectivity index (χ3n) is 3.27. The molecule has 112 valence electrons. The molecular formula is C16H18FNO2S. The van der Waals surface area contributed by atoms with E-state index in [4.69, 9.17) is 0 Å². The van der Waals surface area contributed by atoms with E-state index >= 15 is 0 Å². The van der Waals surface area contributed by atoms with Gasteiger partial charge in [0.2, 0.25) is 0 Å². The number of benzene rings is 2. The molecule has 0 saturated carbocycles. The summed E-state index contributed by atoms with van der Waals surface area (Å²) in [6.45, 7) is 0.314. The van der Waals surface area contributed by atoms with Crippen LogP contribution in [0.2, 0.25) is 0 Å². The minimum Gasteiger partial charge on any atom is -0.394 e. The van der Waals surface area contributed by atoms with Crippen LogP contribution in [0.3, 0.4) is 0 Å². The van der Waals surface area contributed by atoms with Crippen molar-refractivity contribution < 1.29 is 13.7 Å². The lowest BCUT2D eigenvalue weighted by Crippen LogP contribution is -2.24. The fourth-order valence-corrected chi connectivity index (χ4v) is 2.59. The predicted octanol–water partition coefficient (Wildman–Crippen LogP) is 2.39. The minimum absolute atomic E-state index is 0.183. The Balaban J connectivity index is 2.03. The van der Waals surface area contributed by atoms with Crippen LogP contribution in [0.5, 0.6) is 0 Å². The van der Waals surface area contributed by atoms with Gasteiger partial charge in [-0.05, 0) is 23.8 Å². The Kier molecular flexibility index (Phi) is 5.61. The van der Waals surface area contributed by atoms with Crippen LogP contribution in [0, 0.1) is 5.82 Å². The molecule has 0 spiro atoms. The Bertz CT molecular complexity index is 616. The molecule has 0 bridgehead atoms. The summed E-state index contributed by atoms with van der Waals surface area (Å²) in [7, 11) is -0.994. The van der Waals surface area contributed by atoms with E-state index in [1.54, 1.807) is 24.5 Å². The third-order valence-corrected chi connectivity index (χ3v) is 4.21. The second-order valence-corrected chi connectivity index (χ2v) is 6.12. The van der Waals surface area contributed by atoms with Crippen molar-refractivity contribution in [3.05, 3.63) is 65.5 Å². The second kappa shape index (κ2) is 7.45. The molecule has 3 nitrogen and oxygen atoms in total. The Morgan fingerprint density at radius 2 is 1.86 bits per heavy atom. The summed E-state index contributed by atoms with van der Waals surface area (Å²) in [6.07, 6.45) is 1.63. The molecule has 0 aliphatic carbocycles. The van der Waals surface area contributed by atoms with Crippen molar-refractivity contribution in [3.8, 4) is 0 Å². The monoisotopic (exact) mass is 307 g/mol. The minimum atomic E-state index is -0.994. The Morgan fingerprint density at radius 3 is 2.43 bits per heavy atom. The summed E-state index contributed by atoms with van der Waals surface area (Å²) in [6, 6.07) is 13.3. The molecule has 2 unspecified atom stereocenters. The van der Waals surface area contributed by atoms with Crippen molar-refractivity contribution in [2.24, 2.45) is 0 Å². The van der Waals surface area contributed by atoms with Gasteiger partial charge in [0.05, 0.1) is 12.6 Å². The molecule has 0 saturated heterocycles. The van der Waals surface area contributed by atoms with Crippen LogP contribution in [0.15, 0.2) is 53.4 Å². The van der Waals surface area contributed by atoms with Crippen molar-refractivity contribution in [3.63, 3.8) is 0 Å². The van der Waals surface area contributed by atoms with E-state index in [-0.39, 0.29) is 12.4 Å². The van der Waals surface area contributed by atoms with Crippen molar-refractivity contribution in [2.45, 2.75) is 17.5 Å². The highest BCUT2D eigenvalue weighted by molar-refractivity contribution is 7.84. The number of nitrogens with one attached hydrogen (secondary N) is 1. The SMILES string of the molecule is CS(=O)c1ccc(CNC(CO)c2ccccc2F)cc1. The molecule has 2 rings (SSSR count). The van der Waals surface area contributed by atoms with Gasteiger partial charge in [-0.15, -0.1) is 0 Å². The van der Waals surface area contributed by atoms with Crippen LogP contribution in [-0.2, 0) is 17.3 Å². The topological polar surface area (TPSA) is 49.3 Å². The van der Waals surface area contributed by atoms with Gasteiger partial charge in [-0.2, -0.15) is 0 Å². The van der Waals surface area contributed by atoms with Gasteiger partial charge in [-0.1, -0.05) is 30.3 Å². The Hall–Kier alpha value is -1.56. The van der Waals surface area contributed by atoms with E-state index < -0.39 is 16.8 Å². The van der Waals surface area contributed by atoms with Gasteiger partial charge in [0, 0.05) is 34.1 Å². The first-order valence-electron chi connectivity index (χ1n) is 6.63. The first kappa shape index (κ1) is 15.8. The van der Waals surface area contributed by atoms with Gasteiger partial charge in [-0.3, -0.25) is 4.21 Å². The lowest BCUT2D eigenvalue weighted by atomic mass is 10.1. The summed E-state index contributed by atoms with van der Waals surface area (Å²) in [4.78, 5) is 0.770. The van der Waals surface area contributed by atoms with Gasteiger partial charge >= 0.3 is 0 Å². The van der Waals surface area contributed by atoms with E-state index in [2.05, 4.69) is 5.32 Å². The second-order valence-electron chi connectivity index (χ2n) is 4.74. The van der Waals surface area contributed by atoms with Crippen LogP contribution < -0.4 is 5.32 Å². The van der Waals surface area contributed by atoms with Crippen LogP contribution in [0.1, 0.15) is 17.2 Å². The number of halogens is 1. The fraction of sp³-hybridized carbons (Fsp3) is 0.250. The predicted molar refractivity (Wildman–Crippen MR) is 81.8 cm³/mol. The largest absolute Gasteiger partial charge is 0.394 e. The van der Waals surface area contributed by atoms with Crippen molar-refractivity contribution in [1.29, 1.82) is 0 Å². The molecule has 21 heavy (non-hydrogen) atoms. The first-order chi connectivity index (χ1) is 10.1. The number of aliphatic hydroxyl groups is 1. The summed E-state index contributed by atoms with van der Waals surface area (Å²) in [5.41, 5.74) is 1.44. The molecule has 0 amide bonds. The number of hydrogen-bond acceptors (Lipinski definition) is 3. The van der Waals surface area contributed by atoms with Gasteiger partial charge in [0.15, 0.2) is 0 Å². The zero-order valence-electron chi connectivity index (χ0n) is 11.8. The number of rotatable bonds is 6. The zero-order chi connectivity index (χ0) is 15.2. The first-order valence-corrected chi connectivity index (χ1v) is 8.18. The normalized spacial score (nSPS) is 13.9. The van der Waals surface area contributed by atoms with Crippen molar-refractivity contribution in [1.82, 2.24) is 5.32 Å². The summed E-state index contributed by atoms with van der Waals surface area (Å²) >= 11 is 0. The molecule has 2 aromatic carbocycles. The third kappa shape index (κ3) is 4.20. The fourth-order valence-electron chi connectivity index (χ4n) is 2.07. The quantitative estimate of drug-likeness (QED) is 0.861. The Morgan fingerprint density at radius 1 is 1.19 bits per heavy atom. The van der Waals surface area contributed by atoms with E-state index in [0.29, 0.717) is 12.1 Å². The van der Waals surface area contributed by atoms with Gasteiger partial charge in [-0.25, -0.2) is 4.39 Å². The van der Waals surface area contributed by atoms with Crippen LogP contribution in [0.25, 0.3) is 0 Å². The van der Waals surface area contributed by atoms with Crippen LogP contribution >= 0.6 is 0 Å².